The summed E-state index contributed by atoms with van der Waals surface area (Å²) in [5.41, 5.74) is 7.09. The lowest BCUT2D eigenvalue weighted by molar-refractivity contribution is 0.103. The van der Waals surface area contributed by atoms with Gasteiger partial charge in [0.25, 0.3) is 5.91 Å². The molecule has 0 bridgehead atoms. The molecule has 3 N–H and O–H groups in total. The molecular weight excluding hydrogens is 394 g/mol. The fraction of sp³-hybridized carbons (Fsp3) is 0. The maximum atomic E-state index is 12.0. The number of carbonyl (C=O) groups excluding carboxylic acids is 1. The predicted octanol–water partition coefficient (Wildman–Crippen LogP) is 3.98. The van der Waals surface area contributed by atoms with Crippen molar-refractivity contribution in [2.24, 2.45) is 0 Å². The third-order valence-corrected chi connectivity index (χ3v) is 5.55. The van der Waals surface area contributed by atoms with Crippen LogP contribution in [-0.4, -0.2) is 5.91 Å². The molecule has 0 atom stereocenters. The van der Waals surface area contributed by atoms with Crippen molar-refractivity contribution in [1.29, 1.82) is 5.26 Å². The Bertz CT molecular complexity index is 671. The standard InChI is InChI=1S/C12H7Br2N3OS/c13-7-4-10(19-11(7)14)12(18)17-9-2-1-6(5-15)3-8(9)16/h1-4H,16H2,(H,17,18). The fourth-order valence-corrected chi connectivity index (χ4v) is 3.32. The number of thiophene rings is 1. The van der Waals surface area contributed by atoms with Gasteiger partial charge >= 0.3 is 0 Å². The zero-order valence-electron chi connectivity index (χ0n) is 9.41. The van der Waals surface area contributed by atoms with Crippen LogP contribution < -0.4 is 11.1 Å². The van der Waals surface area contributed by atoms with Crippen LogP contribution in [0.5, 0.6) is 0 Å². The number of carbonyl (C=O) groups is 1. The molecule has 0 aliphatic carbocycles. The van der Waals surface area contributed by atoms with Gasteiger partial charge < -0.3 is 11.1 Å². The van der Waals surface area contributed by atoms with E-state index in [1.165, 1.54) is 17.4 Å². The molecule has 1 amide bonds. The maximum absolute atomic E-state index is 12.0. The van der Waals surface area contributed by atoms with Crippen molar-refractivity contribution in [2.75, 3.05) is 11.1 Å². The Hall–Kier alpha value is -1.36. The first-order valence-corrected chi connectivity index (χ1v) is 7.47. The largest absolute Gasteiger partial charge is 0.397 e. The van der Waals surface area contributed by atoms with E-state index >= 15 is 0 Å². The summed E-state index contributed by atoms with van der Waals surface area (Å²) < 4.78 is 1.68. The number of anilines is 2. The highest BCUT2D eigenvalue weighted by Crippen LogP contribution is 2.33. The summed E-state index contributed by atoms with van der Waals surface area (Å²) in [7, 11) is 0. The molecule has 96 valence electrons. The lowest BCUT2D eigenvalue weighted by atomic mass is 10.2. The molecule has 0 unspecified atom stereocenters. The fourth-order valence-electron chi connectivity index (χ4n) is 1.39. The summed E-state index contributed by atoms with van der Waals surface area (Å²) in [5, 5.41) is 11.5. The Morgan fingerprint density at radius 3 is 2.63 bits per heavy atom. The van der Waals surface area contributed by atoms with Crippen LogP contribution in [0.1, 0.15) is 15.2 Å². The van der Waals surface area contributed by atoms with Crippen molar-refractivity contribution >= 4 is 60.5 Å². The highest BCUT2D eigenvalue weighted by atomic mass is 79.9. The van der Waals surface area contributed by atoms with Gasteiger partial charge in [0.15, 0.2) is 0 Å². The summed E-state index contributed by atoms with van der Waals surface area (Å²) in [6, 6.07) is 8.46. The molecule has 19 heavy (non-hydrogen) atoms. The Balaban J connectivity index is 2.22. The Morgan fingerprint density at radius 2 is 2.11 bits per heavy atom. The summed E-state index contributed by atoms with van der Waals surface area (Å²) in [5.74, 6) is -0.243. The molecular formula is C12H7Br2N3OS. The number of nitrogens with zero attached hydrogens (tertiary/aromatic N) is 1. The first-order valence-electron chi connectivity index (χ1n) is 5.07. The average Bonchev–Trinajstić information content (AvgIpc) is 2.72. The maximum Gasteiger partial charge on any atom is 0.265 e. The van der Waals surface area contributed by atoms with Crippen LogP contribution >= 0.6 is 43.2 Å². The molecule has 7 heteroatoms. The van der Waals surface area contributed by atoms with Gasteiger partial charge in [-0.3, -0.25) is 4.79 Å². The molecule has 1 aromatic carbocycles. The highest BCUT2D eigenvalue weighted by molar-refractivity contribution is 9.13. The second kappa shape index (κ2) is 5.74. The SMILES string of the molecule is N#Cc1ccc(NC(=O)c2cc(Br)c(Br)s2)c(N)c1. The number of nitriles is 1. The van der Waals surface area contributed by atoms with Gasteiger partial charge in [-0.2, -0.15) is 5.26 Å². The summed E-state index contributed by atoms with van der Waals surface area (Å²) in [4.78, 5) is 12.6. The molecule has 1 aromatic heterocycles. The van der Waals surface area contributed by atoms with E-state index in [4.69, 9.17) is 11.0 Å². The predicted molar refractivity (Wildman–Crippen MR) is 83.2 cm³/mol. The second-order valence-corrected chi connectivity index (χ2v) is 6.82. The lowest BCUT2D eigenvalue weighted by Crippen LogP contribution is -2.11. The highest BCUT2D eigenvalue weighted by Gasteiger charge is 2.13. The molecule has 1 heterocycles. The number of amides is 1. The molecule has 0 fully saturated rings. The summed E-state index contributed by atoms with van der Waals surface area (Å²) in [6.45, 7) is 0. The number of hydrogen-bond acceptors (Lipinski definition) is 4. The van der Waals surface area contributed by atoms with Crippen molar-refractivity contribution in [2.45, 2.75) is 0 Å². The molecule has 0 saturated carbocycles. The van der Waals surface area contributed by atoms with Gasteiger partial charge in [-0.1, -0.05) is 0 Å². The van der Waals surface area contributed by atoms with Crippen LogP contribution in [-0.2, 0) is 0 Å². The van der Waals surface area contributed by atoms with E-state index in [1.807, 2.05) is 6.07 Å². The molecule has 2 rings (SSSR count). The molecule has 0 aliphatic heterocycles. The molecule has 0 spiro atoms. The van der Waals surface area contributed by atoms with E-state index in [0.717, 1.165) is 8.26 Å². The minimum atomic E-state index is -0.243. The van der Waals surface area contributed by atoms with Crippen LogP contribution in [0.3, 0.4) is 0 Å². The number of hydrogen-bond donors (Lipinski definition) is 2. The Morgan fingerprint density at radius 1 is 1.37 bits per heavy atom. The van der Waals surface area contributed by atoms with Gasteiger partial charge in [0.2, 0.25) is 0 Å². The third kappa shape index (κ3) is 3.15. The third-order valence-electron chi connectivity index (χ3n) is 2.30. The Kier molecular flexibility index (Phi) is 4.24. The number of nitrogens with two attached hydrogens (primary N) is 1. The van der Waals surface area contributed by atoms with Crippen LogP contribution in [0.4, 0.5) is 11.4 Å². The van der Waals surface area contributed by atoms with Gasteiger partial charge in [0, 0.05) is 4.47 Å². The second-order valence-electron chi connectivity index (χ2n) is 3.60. The first kappa shape index (κ1) is 14.1. The average molecular weight is 401 g/mol. The van der Waals surface area contributed by atoms with Gasteiger partial charge in [-0.25, -0.2) is 0 Å². The molecule has 0 radical (unpaired) electrons. The zero-order chi connectivity index (χ0) is 14.0. The minimum Gasteiger partial charge on any atom is -0.397 e. The van der Waals surface area contributed by atoms with E-state index < -0.39 is 0 Å². The number of nitrogens with one attached hydrogen (secondary N) is 1. The van der Waals surface area contributed by atoms with Gasteiger partial charge in [-0.05, 0) is 56.1 Å². The van der Waals surface area contributed by atoms with Crippen LogP contribution in [0.25, 0.3) is 0 Å². The quantitative estimate of drug-likeness (QED) is 0.748. The van der Waals surface area contributed by atoms with E-state index in [2.05, 4.69) is 37.2 Å². The van der Waals surface area contributed by atoms with Crippen LogP contribution in [0.2, 0.25) is 0 Å². The molecule has 4 nitrogen and oxygen atoms in total. The topological polar surface area (TPSA) is 78.9 Å². The van der Waals surface area contributed by atoms with Crippen molar-refractivity contribution in [3.8, 4) is 6.07 Å². The van der Waals surface area contributed by atoms with E-state index in [-0.39, 0.29) is 5.91 Å². The molecule has 0 aliphatic rings. The minimum absolute atomic E-state index is 0.243. The van der Waals surface area contributed by atoms with Gasteiger partial charge in [-0.15, -0.1) is 11.3 Å². The number of nitrogen functional groups attached to an aromatic ring is 1. The number of halogens is 2. The molecule has 2 aromatic rings. The summed E-state index contributed by atoms with van der Waals surface area (Å²) >= 11 is 7.98. The monoisotopic (exact) mass is 399 g/mol. The van der Waals surface area contributed by atoms with Crippen LogP contribution in [0.15, 0.2) is 32.5 Å². The van der Waals surface area contributed by atoms with Crippen molar-refractivity contribution in [3.63, 3.8) is 0 Å². The lowest BCUT2D eigenvalue weighted by Gasteiger charge is -2.06. The Labute approximate surface area is 130 Å². The van der Waals surface area contributed by atoms with E-state index in [0.29, 0.717) is 21.8 Å². The van der Waals surface area contributed by atoms with E-state index in [1.54, 1.807) is 18.2 Å². The van der Waals surface area contributed by atoms with Crippen LogP contribution in [0, 0.1) is 11.3 Å². The number of rotatable bonds is 2. The number of benzene rings is 1. The van der Waals surface area contributed by atoms with E-state index in [9.17, 15) is 4.79 Å². The smallest absolute Gasteiger partial charge is 0.265 e. The summed E-state index contributed by atoms with van der Waals surface area (Å²) in [6.07, 6.45) is 0. The van der Waals surface area contributed by atoms with Gasteiger partial charge in [0.05, 0.1) is 31.7 Å². The first-order chi connectivity index (χ1) is 9.01. The normalized spacial score (nSPS) is 9.95. The van der Waals surface area contributed by atoms with Crippen molar-refractivity contribution in [1.82, 2.24) is 0 Å². The van der Waals surface area contributed by atoms with Crippen molar-refractivity contribution in [3.05, 3.63) is 43.0 Å². The molecule has 0 saturated heterocycles. The van der Waals surface area contributed by atoms with Gasteiger partial charge in [0.1, 0.15) is 0 Å². The van der Waals surface area contributed by atoms with Crippen molar-refractivity contribution < 1.29 is 4.79 Å². The zero-order valence-corrected chi connectivity index (χ0v) is 13.4.